The van der Waals surface area contributed by atoms with Crippen LogP contribution in [0.5, 0.6) is 0 Å². The first-order chi connectivity index (χ1) is 8.99. The highest BCUT2D eigenvalue weighted by Crippen LogP contribution is 2.21. The van der Waals surface area contributed by atoms with Gasteiger partial charge in [-0.2, -0.15) is 0 Å². The summed E-state index contributed by atoms with van der Waals surface area (Å²) in [4.78, 5) is 0. The Hall–Kier alpha value is 0.491. The fraction of sp³-hybridized carbons (Fsp3) is 1.00. The molecule has 1 aliphatic rings. The van der Waals surface area contributed by atoms with Crippen LogP contribution in [-0.4, -0.2) is 50.7 Å². The van der Waals surface area contributed by atoms with Crippen molar-refractivity contribution in [1.82, 2.24) is 0 Å². The van der Waals surface area contributed by atoms with Crippen LogP contribution in [0.4, 0.5) is 0 Å². The maximum absolute atomic E-state index is 6.39. The lowest BCUT2D eigenvalue weighted by molar-refractivity contribution is 0.0281. The molecule has 120 valence electrons. The average Bonchev–Trinajstić information content (AvgIpc) is 2.63. The molecular formula is C13H32O4Si3. The minimum absolute atomic E-state index is 0.295. The van der Waals surface area contributed by atoms with Crippen molar-refractivity contribution in [3.63, 3.8) is 0 Å². The van der Waals surface area contributed by atoms with E-state index in [9.17, 15) is 0 Å². The Labute approximate surface area is 127 Å². The van der Waals surface area contributed by atoms with E-state index in [1.165, 1.54) is 0 Å². The summed E-state index contributed by atoms with van der Waals surface area (Å²) < 4.78 is 24.1. The van der Waals surface area contributed by atoms with Crippen LogP contribution in [0.25, 0.3) is 0 Å². The fourth-order valence-corrected chi connectivity index (χ4v) is 15.3. The van der Waals surface area contributed by atoms with Gasteiger partial charge in [0.25, 0.3) is 0 Å². The summed E-state index contributed by atoms with van der Waals surface area (Å²) >= 11 is 0. The Morgan fingerprint density at radius 3 is 2.15 bits per heavy atom. The van der Waals surface area contributed by atoms with Crippen LogP contribution < -0.4 is 0 Å². The van der Waals surface area contributed by atoms with Crippen LogP contribution >= 0.6 is 0 Å². The molecule has 1 heterocycles. The summed E-state index contributed by atoms with van der Waals surface area (Å²) in [5.74, 6) is 0. The molecule has 0 aromatic carbocycles. The summed E-state index contributed by atoms with van der Waals surface area (Å²) in [6.07, 6.45) is 3.30. The summed E-state index contributed by atoms with van der Waals surface area (Å²) in [5.41, 5.74) is 0. The predicted octanol–water partition coefficient (Wildman–Crippen LogP) is 3.50. The van der Waals surface area contributed by atoms with Crippen molar-refractivity contribution >= 4 is 25.2 Å². The second kappa shape index (κ2) is 7.17. The summed E-state index contributed by atoms with van der Waals surface area (Å²) in [6.45, 7) is 17.0. The quantitative estimate of drug-likeness (QED) is 0.636. The molecule has 0 aliphatic carbocycles. The van der Waals surface area contributed by atoms with Crippen LogP contribution in [0.1, 0.15) is 12.8 Å². The summed E-state index contributed by atoms with van der Waals surface area (Å²) in [7, 11) is -5.42. The molecule has 1 atom stereocenters. The molecule has 0 bridgehead atoms. The number of hydrogen-bond acceptors (Lipinski definition) is 4. The van der Waals surface area contributed by atoms with Gasteiger partial charge in [-0.1, -0.05) is 0 Å². The molecule has 1 saturated heterocycles. The molecule has 1 fully saturated rings. The first-order valence-corrected chi connectivity index (χ1v) is 16.9. The van der Waals surface area contributed by atoms with E-state index in [1.807, 2.05) is 0 Å². The minimum Gasteiger partial charge on any atom is -0.437 e. The Bertz CT molecular complexity index is 296. The van der Waals surface area contributed by atoms with E-state index in [0.29, 0.717) is 12.7 Å². The Morgan fingerprint density at radius 2 is 1.65 bits per heavy atom. The first kappa shape index (κ1) is 18.5. The van der Waals surface area contributed by atoms with Gasteiger partial charge in [-0.15, -0.1) is 0 Å². The van der Waals surface area contributed by atoms with Crippen molar-refractivity contribution in [3.05, 3.63) is 0 Å². The number of hydrogen-bond donors (Lipinski definition) is 0. The van der Waals surface area contributed by atoms with Crippen molar-refractivity contribution in [2.24, 2.45) is 0 Å². The van der Waals surface area contributed by atoms with E-state index in [2.05, 4.69) is 45.8 Å². The van der Waals surface area contributed by atoms with Gasteiger partial charge in [0.15, 0.2) is 8.32 Å². The molecule has 0 saturated carbocycles. The van der Waals surface area contributed by atoms with Gasteiger partial charge in [0, 0.05) is 6.61 Å². The molecule has 1 aliphatic heterocycles. The smallest absolute Gasteiger partial charge is 0.311 e. The van der Waals surface area contributed by atoms with E-state index in [1.54, 1.807) is 0 Å². The maximum Gasteiger partial charge on any atom is 0.311 e. The molecule has 7 heteroatoms. The molecular weight excluding hydrogens is 304 g/mol. The van der Waals surface area contributed by atoms with Crippen LogP contribution in [0, 0.1) is 0 Å². The van der Waals surface area contributed by atoms with E-state index in [0.717, 1.165) is 25.7 Å². The molecule has 0 spiro atoms. The van der Waals surface area contributed by atoms with Crippen molar-refractivity contribution in [1.29, 1.82) is 0 Å². The van der Waals surface area contributed by atoms with Gasteiger partial charge in [0.05, 0.1) is 18.9 Å². The molecule has 0 radical (unpaired) electrons. The molecule has 1 unspecified atom stereocenters. The molecule has 0 N–H and O–H groups in total. The number of rotatable bonds is 8. The Morgan fingerprint density at radius 1 is 1.00 bits per heavy atom. The third kappa shape index (κ3) is 8.06. The monoisotopic (exact) mass is 336 g/mol. The normalized spacial score (nSPS) is 21.4. The van der Waals surface area contributed by atoms with Crippen LogP contribution in [0.2, 0.25) is 45.8 Å². The van der Waals surface area contributed by atoms with E-state index < -0.39 is 25.2 Å². The van der Waals surface area contributed by atoms with Crippen LogP contribution in [-0.2, 0) is 17.7 Å². The molecule has 1 rings (SSSR count). The van der Waals surface area contributed by atoms with Gasteiger partial charge in [0.1, 0.15) is 0 Å². The van der Waals surface area contributed by atoms with Gasteiger partial charge < -0.3 is 17.7 Å². The lowest BCUT2D eigenvalue weighted by Crippen LogP contribution is -2.53. The van der Waals surface area contributed by atoms with Gasteiger partial charge in [0.2, 0.25) is 8.32 Å². The van der Waals surface area contributed by atoms with E-state index >= 15 is 0 Å². The molecule has 4 nitrogen and oxygen atoms in total. The highest BCUT2D eigenvalue weighted by Gasteiger charge is 2.38. The Kier molecular flexibility index (Phi) is 6.64. The predicted molar refractivity (Wildman–Crippen MR) is 90.3 cm³/mol. The van der Waals surface area contributed by atoms with Crippen molar-refractivity contribution in [2.75, 3.05) is 19.4 Å². The summed E-state index contributed by atoms with van der Waals surface area (Å²) in [6, 6.07) is 0. The highest BCUT2D eigenvalue weighted by atomic mass is 28.5. The zero-order valence-electron chi connectivity index (χ0n) is 14.2. The molecule has 0 aromatic rings. The standard InChI is InChI=1S/C13H32O4Si3/c1-18(2,3)16-20(6,7)17-19(4,5)12-14-11-13-9-8-10-15-13/h13H,8-12H2,1-7H3. The zero-order chi connectivity index (χ0) is 15.4. The van der Waals surface area contributed by atoms with Crippen molar-refractivity contribution < 1.29 is 17.7 Å². The third-order valence-corrected chi connectivity index (χ3v) is 12.3. The lowest BCUT2D eigenvalue weighted by Gasteiger charge is -2.37. The molecule has 0 amide bonds. The zero-order valence-corrected chi connectivity index (χ0v) is 17.2. The van der Waals surface area contributed by atoms with Gasteiger partial charge in [-0.3, -0.25) is 0 Å². The topological polar surface area (TPSA) is 36.9 Å². The largest absolute Gasteiger partial charge is 0.437 e. The second-order valence-electron chi connectivity index (χ2n) is 7.63. The number of ether oxygens (including phenoxy) is 2. The maximum atomic E-state index is 6.39. The van der Waals surface area contributed by atoms with Crippen molar-refractivity contribution in [3.8, 4) is 0 Å². The summed E-state index contributed by atoms with van der Waals surface area (Å²) in [5, 5.41) is 0. The fourth-order valence-electron chi connectivity index (χ4n) is 2.66. The van der Waals surface area contributed by atoms with E-state index in [4.69, 9.17) is 17.7 Å². The second-order valence-corrected chi connectivity index (χ2v) is 20.1. The molecule has 20 heavy (non-hydrogen) atoms. The highest BCUT2D eigenvalue weighted by molar-refractivity contribution is 6.87. The van der Waals surface area contributed by atoms with Crippen LogP contribution in [0.3, 0.4) is 0 Å². The molecule has 0 aromatic heterocycles. The van der Waals surface area contributed by atoms with Crippen LogP contribution in [0.15, 0.2) is 0 Å². The minimum atomic E-state index is -2.04. The van der Waals surface area contributed by atoms with E-state index in [-0.39, 0.29) is 0 Å². The Balaban J connectivity index is 2.35. The lowest BCUT2D eigenvalue weighted by atomic mass is 10.2. The SMILES string of the molecule is C[Si](C)(C)O[Si](C)(C)O[Si](C)(C)COCC1CCCO1. The van der Waals surface area contributed by atoms with Crippen molar-refractivity contribution in [2.45, 2.75) is 64.8 Å². The average molecular weight is 337 g/mol. The van der Waals surface area contributed by atoms with Gasteiger partial charge in [-0.25, -0.2) is 0 Å². The van der Waals surface area contributed by atoms with Gasteiger partial charge in [-0.05, 0) is 58.7 Å². The first-order valence-electron chi connectivity index (χ1n) is 7.59. The third-order valence-electron chi connectivity index (χ3n) is 2.85. The van der Waals surface area contributed by atoms with Gasteiger partial charge >= 0.3 is 8.56 Å².